The molecule has 2 fully saturated rings. The number of aliphatic hydroxyl groups is 1. The molecule has 4 heteroatoms. The summed E-state index contributed by atoms with van der Waals surface area (Å²) >= 11 is 0. The zero-order valence-electron chi connectivity index (χ0n) is 10.2. The van der Waals surface area contributed by atoms with Crippen molar-refractivity contribution in [3.05, 3.63) is 12.2 Å². The van der Waals surface area contributed by atoms with Crippen molar-refractivity contribution in [1.82, 2.24) is 0 Å². The van der Waals surface area contributed by atoms with E-state index in [0.29, 0.717) is 6.42 Å². The zero-order valence-corrected chi connectivity index (χ0v) is 10.2. The maximum absolute atomic E-state index is 12.7. The molecule has 17 heavy (non-hydrogen) atoms. The Morgan fingerprint density at radius 1 is 1.35 bits per heavy atom. The topological polar surface area (TPSA) is 55.8 Å². The van der Waals surface area contributed by atoms with Crippen LogP contribution in [0.25, 0.3) is 0 Å². The molecule has 0 aromatic heterocycles. The van der Waals surface area contributed by atoms with Crippen LogP contribution >= 0.6 is 0 Å². The van der Waals surface area contributed by atoms with Gasteiger partial charge < -0.3 is 14.6 Å². The molecule has 2 saturated carbocycles. The second kappa shape index (κ2) is 3.40. The molecule has 1 N–H and O–H groups in total. The largest absolute Gasteiger partial charge is 0.392 e. The van der Waals surface area contributed by atoms with Crippen molar-refractivity contribution >= 4 is 5.78 Å². The average Bonchev–Trinajstić information content (AvgIpc) is 2.70. The summed E-state index contributed by atoms with van der Waals surface area (Å²) < 4.78 is 10.8. The predicted octanol–water partition coefficient (Wildman–Crippen LogP) is 0.892. The fourth-order valence-electron chi connectivity index (χ4n) is 4.07. The highest BCUT2D eigenvalue weighted by Gasteiger charge is 2.68. The first kappa shape index (κ1) is 11.4. The maximum atomic E-state index is 12.7. The number of rotatable bonds is 2. The first-order chi connectivity index (χ1) is 8.11. The molecule has 4 aliphatic rings. The fourth-order valence-corrected chi connectivity index (χ4v) is 4.07. The maximum Gasteiger partial charge on any atom is 0.235 e. The molecule has 0 aliphatic heterocycles. The van der Waals surface area contributed by atoms with Crippen molar-refractivity contribution in [3.8, 4) is 0 Å². The standard InChI is InChI=1S/C13H18O4/c1-16-13(17-2)9-5-6-12(11(13)15)8(7-9)3-4-10(12)14/h5-6,8-10,14H,3-4,7H2,1-2H3/t8-,9?,10-,12?/m0/s1. The number of carbonyl (C=O) groups is 1. The Bertz CT molecular complexity index is 385. The molecule has 4 rings (SSSR count). The van der Waals surface area contributed by atoms with Gasteiger partial charge in [0.05, 0.1) is 11.5 Å². The van der Waals surface area contributed by atoms with Crippen LogP contribution in [0.2, 0.25) is 0 Å². The van der Waals surface area contributed by atoms with E-state index in [4.69, 9.17) is 9.47 Å². The third-order valence-electron chi connectivity index (χ3n) is 4.96. The number of hydrogen-bond donors (Lipinski definition) is 1. The first-order valence-corrected chi connectivity index (χ1v) is 6.14. The monoisotopic (exact) mass is 238 g/mol. The van der Waals surface area contributed by atoms with Gasteiger partial charge in [-0.1, -0.05) is 12.2 Å². The lowest BCUT2D eigenvalue weighted by Gasteiger charge is -2.53. The minimum Gasteiger partial charge on any atom is -0.392 e. The quantitative estimate of drug-likeness (QED) is 0.573. The van der Waals surface area contributed by atoms with Gasteiger partial charge in [0.15, 0.2) is 0 Å². The Kier molecular flexibility index (Phi) is 2.28. The Balaban J connectivity index is 2.14. The van der Waals surface area contributed by atoms with Crippen LogP contribution in [0.1, 0.15) is 19.3 Å². The van der Waals surface area contributed by atoms with E-state index in [1.54, 1.807) is 0 Å². The number of methoxy groups -OCH3 is 2. The van der Waals surface area contributed by atoms with Crippen molar-refractivity contribution in [2.75, 3.05) is 14.2 Å². The summed E-state index contributed by atoms with van der Waals surface area (Å²) in [5.41, 5.74) is -0.763. The van der Waals surface area contributed by atoms with Gasteiger partial charge in [-0.3, -0.25) is 4.79 Å². The van der Waals surface area contributed by atoms with E-state index in [1.807, 2.05) is 12.2 Å². The van der Waals surface area contributed by atoms with E-state index in [0.717, 1.165) is 12.8 Å². The summed E-state index contributed by atoms with van der Waals surface area (Å²) in [5.74, 6) is -1.05. The average molecular weight is 238 g/mol. The third kappa shape index (κ3) is 1.07. The Morgan fingerprint density at radius 2 is 2.06 bits per heavy atom. The van der Waals surface area contributed by atoms with Crippen LogP contribution in [0, 0.1) is 17.3 Å². The van der Waals surface area contributed by atoms with Gasteiger partial charge >= 0.3 is 0 Å². The first-order valence-electron chi connectivity index (χ1n) is 6.14. The highest BCUT2D eigenvalue weighted by molar-refractivity contribution is 5.97. The Morgan fingerprint density at radius 3 is 2.71 bits per heavy atom. The molecule has 94 valence electrons. The lowest BCUT2D eigenvalue weighted by molar-refractivity contribution is -0.250. The number of Topliss-reactive ketones (excluding diaryl/α,β-unsaturated/α-hetero) is 1. The van der Waals surface area contributed by atoms with Gasteiger partial charge in [0, 0.05) is 20.1 Å². The van der Waals surface area contributed by atoms with E-state index in [9.17, 15) is 9.90 Å². The molecule has 4 aliphatic carbocycles. The van der Waals surface area contributed by atoms with Crippen molar-refractivity contribution in [3.63, 3.8) is 0 Å². The SMILES string of the molecule is COC1(OC)C(=O)C23C=CC1C[C@@H]2CC[C@@H]3O. The Labute approximate surface area is 101 Å². The molecular weight excluding hydrogens is 220 g/mol. The van der Waals surface area contributed by atoms with Gasteiger partial charge in [-0.05, 0) is 25.2 Å². The number of ketones is 1. The second-order valence-corrected chi connectivity index (χ2v) is 5.33. The van der Waals surface area contributed by atoms with Crippen molar-refractivity contribution < 1.29 is 19.4 Å². The predicted molar refractivity (Wildman–Crippen MR) is 60.2 cm³/mol. The van der Waals surface area contributed by atoms with E-state index < -0.39 is 17.3 Å². The lowest BCUT2D eigenvalue weighted by atomic mass is 9.56. The van der Waals surface area contributed by atoms with Crippen LogP contribution in [-0.2, 0) is 14.3 Å². The molecule has 0 radical (unpaired) electrons. The van der Waals surface area contributed by atoms with Gasteiger partial charge in [-0.25, -0.2) is 0 Å². The molecule has 0 saturated heterocycles. The van der Waals surface area contributed by atoms with E-state index in [1.165, 1.54) is 14.2 Å². The summed E-state index contributed by atoms with van der Waals surface area (Å²) in [4.78, 5) is 12.7. The number of carbonyl (C=O) groups excluding carboxylic acids is 1. The van der Waals surface area contributed by atoms with Gasteiger partial charge in [0.2, 0.25) is 11.6 Å². The van der Waals surface area contributed by atoms with Gasteiger partial charge in [-0.2, -0.15) is 0 Å². The van der Waals surface area contributed by atoms with Gasteiger partial charge in [0.25, 0.3) is 0 Å². The smallest absolute Gasteiger partial charge is 0.235 e. The third-order valence-corrected chi connectivity index (χ3v) is 4.96. The summed E-state index contributed by atoms with van der Waals surface area (Å²) in [6.07, 6.45) is 5.76. The van der Waals surface area contributed by atoms with Crippen LogP contribution in [0.4, 0.5) is 0 Å². The second-order valence-electron chi connectivity index (χ2n) is 5.33. The van der Waals surface area contributed by atoms with Crippen LogP contribution in [0.5, 0.6) is 0 Å². The summed E-state index contributed by atoms with van der Waals surface area (Å²) in [6.45, 7) is 0. The normalized spacial score (nSPS) is 46.3. The molecule has 2 bridgehead atoms. The molecule has 0 aromatic rings. The highest BCUT2D eigenvalue weighted by atomic mass is 16.7. The van der Waals surface area contributed by atoms with Gasteiger partial charge in [0.1, 0.15) is 0 Å². The van der Waals surface area contributed by atoms with Crippen LogP contribution in [0.15, 0.2) is 12.2 Å². The minimum atomic E-state index is -1.18. The van der Waals surface area contributed by atoms with Crippen LogP contribution in [-0.4, -0.2) is 37.0 Å². The fraction of sp³-hybridized carbons (Fsp3) is 0.769. The number of hydrogen-bond acceptors (Lipinski definition) is 4. The molecular formula is C13H18O4. The lowest BCUT2D eigenvalue weighted by Crippen LogP contribution is -2.65. The number of ether oxygens (including phenoxy) is 2. The molecule has 4 nitrogen and oxygen atoms in total. The van der Waals surface area contributed by atoms with Crippen LogP contribution in [0.3, 0.4) is 0 Å². The molecule has 0 heterocycles. The van der Waals surface area contributed by atoms with Crippen molar-refractivity contribution in [1.29, 1.82) is 0 Å². The molecule has 4 atom stereocenters. The summed E-state index contributed by atoms with van der Waals surface area (Å²) in [6, 6.07) is 0. The van der Waals surface area contributed by atoms with Crippen LogP contribution < -0.4 is 0 Å². The molecule has 0 amide bonds. The van der Waals surface area contributed by atoms with E-state index in [-0.39, 0.29) is 17.6 Å². The highest BCUT2D eigenvalue weighted by Crippen LogP contribution is 2.59. The van der Waals surface area contributed by atoms with Gasteiger partial charge in [-0.15, -0.1) is 0 Å². The summed E-state index contributed by atoms with van der Waals surface area (Å²) in [5, 5.41) is 10.2. The number of fused-ring (bicyclic) bond motifs is 1. The minimum absolute atomic E-state index is 0.0258. The Hall–Kier alpha value is -0.710. The summed E-state index contributed by atoms with van der Waals surface area (Å²) in [7, 11) is 3.01. The van der Waals surface area contributed by atoms with Crippen molar-refractivity contribution in [2.24, 2.45) is 17.3 Å². The molecule has 2 unspecified atom stereocenters. The van der Waals surface area contributed by atoms with Crippen molar-refractivity contribution in [2.45, 2.75) is 31.2 Å². The molecule has 1 spiro atoms. The van der Waals surface area contributed by atoms with E-state index in [2.05, 4.69) is 0 Å². The molecule has 0 aromatic carbocycles. The van der Waals surface area contributed by atoms with E-state index >= 15 is 0 Å². The number of aliphatic hydroxyl groups excluding tert-OH is 1. The zero-order chi connectivity index (χ0) is 12.3.